The smallest absolute Gasteiger partial charge is 0.254 e. The maximum absolute atomic E-state index is 12.3. The van der Waals surface area contributed by atoms with Gasteiger partial charge in [-0.15, -0.1) is 0 Å². The zero-order valence-electron chi connectivity index (χ0n) is 12.5. The minimum atomic E-state index is -0.733. The number of rotatable bonds is 6. The highest BCUT2D eigenvalue weighted by molar-refractivity contribution is 6.04. The molecule has 6 heteroatoms. The Bertz CT molecular complexity index is 541. The first-order valence-corrected chi connectivity index (χ1v) is 6.78. The van der Waals surface area contributed by atoms with Crippen molar-refractivity contribution in [1.29, 1.82) is 0 Å². The highest BCUT2D eigenvalue weighted by atomic mass is 16.2. The molecule has 0 heterocycles. The number of carbonyl (C=O) groups excluding carboxylic acids is 3. The molecule has 0 saturated carbocycles. The van der Waals surface area contributed by atoms with Gasteiger partial charge in [0.05, 0.1) is 11.3 Å². The summed E-state index contributed by atoms with van der Waals surface area (Å²) in [6.45, 7) is 5.24. The van der Waals surface area contributed by atoms with Crippen molar-refractivity contribution in [2.24, 2.45) is 11.7 Å². The van der Waals surface area contributed by atoms with E-state index in [1.165, 1.54) is 6.92 Å². The molecule has 0 aliphatic carbocycles. The Morgan fingerprint density at radius 2 is 1.81 bits per heavy atom. The zero-order valence-corrected chi connectivity index (χ0v) is 12.5. The molecule has 4 N–H and O–H groups in total. The van der Waals surface area contributed by atoms with Gasteiger partial charge in [-0.2, -0.15) is 0 Å². The standard InChI is InChI=1S/C15H21N3O3/c1-9(2)8-13(14(16)20)18-15(21)11-6-4-5-7-12(11)17-10(3)19/h4-7,9,13H,8H2,1-3H3,(H2,16,20)(H,17,19)(H,18,21)/t13-/m1/s1. The van der Waals surface area contributed by atoms with Crippen LogP contribution in [0.25, 0.3) is 0 Å². The van der Waals surface area contributed by atoms with Crippen LogP contribution in [0.1, 0.15) is 37.6 Å². The van der Waals surface area contributed by atoms with E-state index in [2.05, 4.69) is 10.6 Å². The summed E-state index contributed by atoms with van der Waals surface area (Å²) in [4.78, 5) is 34.8. The lowest BCUT2D eigenvalue weighted by Crippen LogP contribution is -2.45. The molecule has 0 aliphatic heterocycles. The van der Waals surface area contributed by atoms with Crippen molar-refractivity contribution in [2.75, 3.05) is 5.32 Å². The maximum Gasteiger partial charge on any atom is 0.254 e. The van der Waals surface area contributed by atoms with Crippen molar-refractivity contribution in [3.63, 3.8) is 0 Å². The Labute approximate surface area is 124 Å². The molecule has 21 heavy (non-hydrogen) atoms. The second kappa shape index (κ2) is 7.42. The molecule has 0 radical (unpaired) electrons. The normalized spacial score (nSPS) is 11.8. The largest absolute Gasteiger partial charge is 0.368 e. The Morgan fingerprint density at radius 1 is 1.19 bits per heavy atom. The van der Waals surface area contributed by atoms with E-state index in [1.807, 2.05) is 13.8 Å². The molecule has 6 nitrogen and oxygen atoms in total. The Hall–Kier alpha value is -2.37. The quantitative estimate of drug-likeness (QED) is 0.735. The third-order valence-corrected chi connectivity index (χ3v) is 2.84. The third-order valence-electron chi connectivity index (χ3n) is 2.84. The van der Waals surface area contributed by atoms with Crippen LogP contribution in [-0.4, -0.2) is 23.8 Å². The summed E-state index contributed by atoms with van der Waals surface area (Å²) < 4.78 is 0. The second-order valence-electron chi connectivity index (χ2n) is 5.28. The van der Waals surface area contributed by atoms with Gasteiger partial charge in [-0.25, -0.2) is 0 Å². The molecule has 1 aromatic carbocycles. The Kier molecular flexibility index (Phi) is 5.90. The molecule has 0 unspecified atom stereocenters. The number of primary amides is 1. The molecule has 0 aromatic heterocycles. The highest BCUT2D eigenvalue weighted by Gasteiger charge is 2.21. The molecular formula is C15H21N3O3. The molecule has 0 aliphatic rings. The molecule has 1 rings (SSSR count). The van der Waals surface area contributed by atoms with Gasteiger partial charge in [-0.3, -0.25) is 14.4 Å². The fourth-order valence-corrected chi connectivity index (χ4v) is 1.93. The van der Waals surface area contributed by atoms with Crippen molar-refractivity contribution in [3.8, 4) is 0 Å². The van der Waals surface area contributed by atoms with Crippen LogP contribution in [0.5, 0.6) is 0 Å². The van der Waals surface area contributed by atoms with Crippen LogP contribution in [0.4, 0.5) is 5.69 Å². The van der Waals surface area contributed by atoms with Gasteiger partial charge < -0.3 is 16.4 Å². The number of hydrogen-bond donors (Lipinski definition) is 3. The summed E-state index contributed by atoms with van der Waals surface area (Å²) >= 11 is 0. The van der Waals surface area contributed by atoms with E-state index in [0.717, 1.165) is 0 Å². The minimum absolute atomic E-state index is 0.216. The SMILES string of the molecule is CC(=O)Nc1ccccc1C(=O)N[C@H](CC(C)C)C(N)=O. The molecule has 3 amide bonds. The van der Waals surface area contributed by atoms with Crippen molar-refractivity contribution in [1.82, 2.24) is 5.32 Å². The van der Waals surface area contributed by atoms with E-state index in [0.29, 0.717) is 17.7 Å². The lowest BCUT2D eigenvalue weighted by molar-refractivity contribution is -0.120. The first-order chi connectivity index (χ1) is 9.81. The number of nitrogens with two attached hydrogens (primary N) is 1. The summed E-state index contributed by atoms with van der Waals surface area (Å²) in [5.74, 6) is -1.07. The summed E-state index contributed by atoms with van der Waals surface area (Å²) in [7, 11) is 0. The predicted molar refractivity (Wildman–Crippen MR) is 80.6 cm³/mol. The van der Waals surface area contributed by atoms with Crippen LogP contribution in [0.15, 0.2) is 24.3 Å². The number of benzene rings is 1. The van der Waals surface area contributed by atoms with E-state index in [1.54, 1.807) is 24.3 Å². The van der Waals surface area contributed by atoms with Gasteiger partial charge in [-0.05, 0) is 24.5 Å². The molecule has 1 aromatic rings. The summed E-state index contributed by atoms with van der Waals surface area (Å²) in [5, 5.41) is 5.19. The van der Waals surface area contributed by atoms with Crippen LogP contribution in [0.3, 0.4) is 0 Å². The van der Waals surface area contributed by atoms with Crippen LogP contribution < -0.4 is 16.4 Å². The van der Waals surface area contributed by atoms with Crippen molar-refractivity contribution in [2.45, 2.75) is 33.2 Å². The first-order valence-electron chi connectivity index (χ1n) is 6.78. The first kappa shape index (κ1) is 16.7. The molecule has 0 bridgehead atoms. The molecule has 114 valence electrons. The van der Waals surface area contributed by atoms with Gasteiger partial charge in [0.15, 0.2) is 0 Å². The van der Waals surface area contributed by atoms with Gasteiger partial charge >= 0.3 is 0 Å². The van der Waals surface area contributed by atoms with Crippen molar-refractivity contribution in [3.05, 3.63) is 29.8 Å². The number of anilines is 1. The lowest BCUT2D eigenvalue weighted by atomic mass is 10.0. The molecule has 0 spiro atoms. The summed E-state index contributed by atoms with van der Waals surface area (Å²) in [6, 6.07) is 5.86. The van der Waals surface area contributed by atoms with Crippen LogP contribution >= 0.6 is 0 Å². The Morgan fingerprint density at radius 3 is 2.33 bits per heavy atom. The molecule has 0 saturated heterocycles. The van der Waals surface area contributed by atoms with Crippen LogP contribution in [0.2, 0.25) is 0 Å². The average Bonchev–Trinajstić information content (AvgIpc) is 2.37. The third kappa shape index (κ3) is 5.25. The predicted octanol–water partition coefficient (Wildman–Crippen LogP) is 1.27. The minimum Gasteiger partial charge on any atom is -0.368 e. The number of carbonyl (C=O) groups is 3. The lowest BCUT2D eigenvalue weighted by Gasteiger charge is -2.18. The number of nitrogens with one attached hydrogen (secondary N) is 2. The summed E-state index contributed by atoms with van der Waals surface area (Å²) in [5.41, 5.74) is 6.00. The van der Waals surface area contributed by atoms with E-state index >= 15 is 0 Å². The van der Waals surface area contributed by atoms with E-state index in [4.69, 9.17) is 5.73 Å². The number of hydrogen-bond acceptors (Lipinski definition) is 3. The van der Waals surface area contributed by atoms with E-state index in [-0.39, 0.29) is 11.8 Å². The van der Waals surface area contributed by atoms with Gasteiger partial charge in [0.2, 0.25) is 11.8 Å². The second-order valence-corrected chi connectivity index (χ2v) is 5.28. The van der Waals surface area contributed by atoms with Crippen molar-refractivity contribution < 1.29 is 14.4 Å². The average molecular weight is 291 g/mol. The monoisotopic (exact) mass is 291 g/mol. The van der Waals surface area contributed by atoms with Gasteiger partial charge in [-0.1, -0.05) is 26.0 Å². The van der Waals surface area contributed by atoms with E-state index in [9.17, 15) is 14.4 Å². The van der Waals surface area contributed by atoms with Gasteiger partial charge in [0.1, 0.15) is 6.04 Å². The number of amides is 3. The Balaban J connectivity index is 2.92. The van der Waals surface area contributed by atoms with Crippen molar-refractivity contribution >= 4 is 23.4 Å². The maximum atomic E-state index is 12.3. The fraction of sp³-hybridized carbons (Fsp3) is 0.400. The zero-order chi connectivity index (χ0) is 16.0. The topological polar surface area (TPSA) is 101 Å². The van der Waals surface area contributed by atoms with Crippen LogP contribution in [-0.2, 0) is 9.59 Å². The van der Waals surface area contributed by atoms with Crippen LogP contribution in [0, 0.1) is 5.92 Å². The molecular weight excluding hydrogens is 270 g/mol. The number of para-hydroxylation sites is 1. The van der Waals surface area contributed by atoms with Gasteiger partial charge in [0.25, 0.3) is 5.91 Å². The summed E-state index contributed by atoms with van der Waals surface area (Å²) in [6.07, 6.45) is 0.462. The molecule has 0 fully saturated rings. The van der Waals surface area contributed by atoms with Gasteiger partial charge in [0, 0.05) is 6.92 Å². The highest BCUT2D eigenvalue weighted by Crippen LogP contribution is 2.15. The van der Waals surface area contributed by atoms with E-state index < -0.39 is 17.9 Å². The molecule has 1 atom stereocenters. The fourth-order valence-electron chi connectivity index (χ4n) is 1.93.